The fourth-order valence-corrected chi connectivity index (χ4v) is 2.85. The molecule has 1 aliphatic rings. The molecule has 3 atom stereocenters. The molecule has 1 fully saturated rings. The average molecular weight is 295 g/mol. The van der Waals surface area contributed by atoms with Crippen LogP contribution in [0.3, 0.4) is 0 Å². The third-order valence-corrected chi connectivity index (χ3v) is 4.09. The van der Waals surface area contributed by atoms with Crippen LogP contribution in [0.15, 0.2) is 18.3 Å². The minimum Gasteiger partial charge on any atom is -0.377 e. The Labute approximate surface area is 126 Å². The first-order chi connectivity index (χ1) is 10.1. The largest absolute Gasteiger partial charge is 0.377 e. The van der Waals surface area contributed by atoms with Crippen molar-refractivity contribution in [3.63, 3.8) is 0 Å². The summed E-state index contributed by atoms with van der Waals surface area (Å²) < 4.78 is 18.7. The fourth-order valence-electron chi connectivity index (χ4n) is 2.85. The van der Waals surface area contributed by atoms with Crippen molar-refractivity contribution in [1.29, 1.82) is 0 Å². The molecule has 2 N–H and O–H groups in total. The Morgan fingerprint density at radius 1 is 1.48 bits per heavy atom. The number of nitrogens with two attached hydrogens (primary N) is 1. The summed E-state index contributed by atoms with van der Waals surface area (Å²) in [5.41, 5.74) is 6.97. The molecular weight excluding hydrogens is 269 g/mol. The second-order valence-electron chi connectivity index (χ2n) is 6.11. The molecule has 0 saturated carbocycles. The number of hydrogen-bond acceptors (Lipinski definition) is 4. The first-order valence-corrected chi connectivity index (χ1v) is 7.73. The molecule has 2 heterocycles. The van der Waals surface area contributed by atoms with Gasteiger partial charge in [-0.1, -0.05) is 6.92 Å². The summed E-state index contributed by atoms with van der Waals surface area (Å²) in [6.07, 6.45) is 5.15. The van der Waals surface area contributed by atoms with Gasteiger partial charge in [0.05, 0.1) is 24.0 Å². The van der Waals surface area contributed by atoms with Crippen molar-refractivity contribution in [2.45, 2.75) is 38.3 Å². The van der Waals surface area contributed by atoms with Crippen LogP contribution >= 0.6 is 0 Å². The minimum absolute atomic E-state index is 0.180. The first kappa shape index (κ1) is 16.3. The van der Waals surface area contributed by atoms with E-state index in [0.717, 1.165) is 31.8 Å². The predicted molar refractivity (Wildman–Crippen MR) is 81.4 cm³/mol. The van der Waals surface area contributed by atoms with Crippen molar-refractivity contribution in [3.05, 3.63) is 29.8 Å². The molecule has 0 amide bonds. The summed E-state index contributed by atoms with van der Waals surface area (Å²) in [7, 11) is 2.10. The highest BCUT2D eigenvalue weighted by Gasteiger charge is 2.21. The number of nitrogens with zero attached hydrogens (tertiary/aromatic N) is 2. The lowest BCUT2D eigenvalue weighted by atomic mass is 9.98. The highest BCUT2D eigenvalue weighted by atomic mass is 19.1. The molecule has 1 aromatic heterocycles. The lowest BCUT2D eigenvalue weighted by Gasteiger charge is -2.30. The van der Waals surface area contributed by atoms with Gasteiger partial charge in [0.15, 0.2) is 0 Å². The second-order valence-corrected chi connectivity index (χ2v) is 6.11. The molecule has 4 nitrogen and oxygen atoms in total. The third kappa shape index (κ3) is 5.02. The number of likely N-dealkylation sites (N-methyl/N-ethyl adjacent to an activating group) is 1. The predicted octanol–water partition coefficient (Wildman–Crippen LogP) is 2.36. The van der Waals surface area contributed by atoms with Crippen LogP contribution in [0.25, 0.3) is 0 Å². The van der Waals surface area contributed by atoms with E-state index in [1.54, 1.807) is 6.07 Å². The van der Waals surface area contributed by atoms with Crippen molar-refractivity contribution < 1.29 is 9.13 Å². The zero-order valence-electron chi connectivity index (χ0n) is 13.0. The Balaban J connectivity index is 1.81. The molecule has 21 heavy (non-hydrogen) atoms. The van der Waals surface area contributed by atoms with Gasteiger partial charge in [-0.2, -0.15) is 0 Å². The van der Waals surface area contributed by atoms with Gasteiger partial charge in [-0.25, -0.2) is 4.39 Å². The van der Waals surface area contributed by atoms with E-state index in [4.69, 9.17) is 10.5 Å². The summed E-state index contributed by atoms with van der Waals surface area (Å²) in [5, 5.41) is 0. The average Bonchev–Trinajstić information content (AvgIpc) is 2.48. The van der Waals surface area contributed by atoms with Gasteiger partial charge in [0, 0.05) is 19.7 Å². The molecule has 5 heteroatoms. The van der Waals surface area contributed by atoms with Gasteiger partial charge in [-0.15, -0.1) is 0 Å². The van der Waals surface area contributed by atoms with Crippen LogP contribution < -0.4 is 5.73 Å². The smallest absolute Gasteiger partial charge is 0.141 e. The van der Waals surface area contributed by atoms with Crippen molar-refractivity contribution in [3.8, 4) is 0 Å². The summed E-state index contributed by atoms with van der Waals surface area (Å²) >= 11 is 0. The number of pyridine rings is 1. The molecule has 2 rings (SSSR count). The molecule has 1 aromatic rings. The molecular formula is C16H26FN3O. The van der Waals surface area contributed by atoms with Gasteiger partial charge in [0.1, 0.15) is 5.82 Å². The number of ether oxygens (including phenoxy) is 1. The molecule has 0 aromatic carbocycles. The maximum absolute atomic E-state index is 12.9. The van der Waals surface area contributed by atoms with Crippen molar-refractivity contribution >= 4 is 0 Å². The number of rotatable bonds is 6. The van der Waals surface area contributed by atoms with Gasteiger partial charge in [-0.3, -0.25) is 4.98 Å². The van der Waals surface area contributed by atoms with E-state index in [9.17, 15) is 4.39 Å². The Morgan fingerprint density at radius 2 is 2.29 bits per heavy atom. The van der Waals surface area contributed by atoms with E-state index in [1.807, 2.05) is 0 Å². The van der Waals surface area contributed by atoms with E-state index < -0.39 is 0 Å². The lowest BCUT2D eigenvalue weighted by molar-refractivity contribution is -0.00363. The maximum atomic E-state index is 12.9. The van der Waals surface area contributed by atoms with Crippen LogP contribution in [-0.2, 0) is 4.74 Å². The highest BCUT2D eigenvalue weighted by molar-refractivity contribution is 5.10. The summed E-state index contributed by atoms with van der Waals surface area (Å²) in [5.74, 6) is -0.0817. The minimum atomic E-state index is -0.329. The standard InChI is InChI=1S/C16H26FN3O/c1-12(16(18)15-7-6-13(17)9-19-15)10-20(2)11-14-5-3-4-8-21-14/h6-7,9,12,14,16H,3-5,8,10-11,18H2,1-2H3. The molecule has 118 valence electrons. The van der Waals surface area contributed by atoms with Gasteiger partial charge >= 0.3 is 0 Å². The van der Waals surface area contributed by atoms with Gasteiger partial charge < -0.3 is 15.4 Å². The van der Waals surface area contributed by atoms with Gasteiger partial charge in [-0.05, 0) is 44.4 Å². The van der Waals surface area contributed by atoms with E-state index in [1.165, 1.54) is 25.1 Å². The summed E-state index contributed by atoms with van der Waals surface area (Å²) in [4.78, 5) is 6.35. The van der Waals surface area contributed by atoms with E-state index in [-0.39, 0.29) is 17.8 Å². The van der Waals surface area contributed by atoms with E-state index in [0.29, 0.717) is 6.10 Å². The van der Waals surface area contributed by atoms with Crippen LogP contribution in [-0.4, -0.2) is 42.7 Å². The molecule has 0 radical (unpaired) electrons. The molecule has 0 aliphatic carbocycles. The monoisotopic (exact) mass is 295 g/mol. The second kappa shape index (κ2) is 7.82. The Morgan fingerprint density at radius 3 is 2.90 bits per heavy atom. The van der Waals surface area contributed by atoms with Crippen molar-refractivity contribution in [2.75, 3.05) is 26.7 Å². The molecule has 0 bridgehead atoms. The van der Waals surface area contributed by atoms with Crippen LogP contribution in [0, 0.1) is 11.7 Å². The van der Waals surface area contributed by atoms with Crippen LogP contribution in [0.4, 0.5) is 4.39 Å². The zero-order valence-corrected chi connectivity index (χ0v) is 13.0. The molecule has 1 saturated heterocycles. The SMILES string of the molecule is CC(CN(C)CC1CCCCO1)C(N)c1ccc(F)cn1. The maximum Gasteiger partial charge on any atom is 0.141 e. The van der Waals surface area contributed by atoms with E-state index in [2.05, 4.69) is 23.9 Å². The number of hydrogen-bond donors (Lipinski definition) is 1. The van der Waals surface area contributed by atoms with Gasteiger partial charge in [0.2, 0.25) is 0 Å². The van der Waals surface area contributed by atoms with Crippen LogP contribution in [0.2, 0.25) is 0 Å². The number of aromatic nitrogens is 1. The zero-order chi connectivity index (χ0) is 15.2. The molecule has 1 aliphatic heterocycles. The molecule has 3 unspecified atom stereocenters. The van der Waals surface area contributed by atoms with Crippen molar-refractivity contribution in [1.82, 2.24) is 9.88 Å². The highest BCUT2D eigenvalue weighted by Crippen LogP contribution is 2.19. The summed E-state index contributed by atoms with van der Waals surface area (Å²) in [6.45, 7) is 4.80. The third-order valence-electron chi connectivity index (χ3n) is 4.09. The Hall–Kier alpha value is -1.04. The number of halogens is 1. The topological polar surface area (TPSA) is 51.4 Å². The van der Waals surface area contributed by atoms with Crippen LogP contribution in [0.1, 0.15) is 37.9 Å². The van der Waals surface area contributed by atoms with Gasteiger partial charge in [0.25, 0.3) is 0 Å². The van der Waals surface area contributed by atoms with Crippen LogP contribution in [0.5, 0.6) is 0 Å². The Bertz CT molecular complexity index is 420. The van der Waals surface area contributed by atoms with E-state index >= 15 is 0 Å². The quantitative estimate of drug-likeness (QED) is 0.875. The normalized spacial score (nSPS) is 22.2. The Kier molecular flexibility index (Phi) is 6.08. The lowest BCUT2D eigenvalue weighted by Crippen LogP contribution is -2.38. The fraction of sp³-hybridized carbons (Fsp3) is 0.688. The summed E-state index contributed by atoms with van der Waals surface area (Å²) in [6, 6.07) is 2.90. The van der Waals surface area contributed by atoms with Crippen molar-refractivity contribution in [2.24, 2.45) is 11.7 Å². The molecule has 0 spiro atoms. The first-order valence-electron chi connectivity index (χ1n) is 7.73.